The van der Waals surface area contributed by atoms with Gasteiger partial charge in [-0.3, -0.25) is 4.79 Å². The highest BCUT2D eigenvalue weighted by Crippen LogP contribution is 2.06. The molecule has 66 valence electrons. The molecule has 0 radical (unpaired) electrons. The number of nitrogens with two attached hydrogens (primary N) is 1. The lowest BCUT2D eigenvalue weighted by Crippen LogP contribution is -2.41. The van der Waals surface area contributed by atoms with Crippen molar-refractivity contribution in [1.82, 2.24) is 5.01 Å². The number of aliphatic carboxylic acids is 1. The number of hydrogen-bond acceptors (Lipinski definition) is 4. The third-order valence-corrected chi connectivity index (χ3v) is 1.56. The molecule has 6 heteroatoms. The minimum absolute atomic E-state index is 0.290. The van der Waals surface area contributed by atoms with Crippen molar-refractivity contribution >= 4 is 17.6 Å². The first-order valence-electron chi connectivity index (χ1n) is 3.46. The highest BCUT2D eigenvalue weighted by atomic mass is 16.4. The summed E-state index contributed by atoms with van der Waals surface area (Å²) < 4.78 is 0. The van der Waals surface area contributed by atoms with Gasteiger partial charge in [0.1, 0.15) is 6.04 Å². The standard InChI is InChI=1S/C6H9N3O3/c1-2-9-5(10)3(7)4(8-9)6(11)12/h3H,2,7H2,1H3,(H,11,12). The number of likely N-dealkylation sites (N-methyl/N-ethyl adjacent to an activating group) is 1. The van der Waals surface area contributed by atoms with E-state index in [9.17, 15) is 9.59 Å². The third kappa shape index (κ3) is 1.16. The minimum atomic E-state index is -1.24. The van der Waals surface area contributed by atoms with E-state index >= 15 is 0 Å². The van der Waals surface area contributed by atoms with Gasteiger partial charge in [-0.05, 0) is 6.92 Å². The van der Waals surface area contributed by atoms with E-state index in [4.69, 9.17) is 10.8 Å². The second kappa shape index (κ2) is 2.90. The number of hydrazone groups is 1. The maximum atomic E-state index is 11.1. The van der Waals surface area contributed by atoms with Crippen LogP contribution in [-0.4, -0.2) is 40.3 Å². The Bertz CT molecular complexity index is 261. The van der Waals surface area contributed by atoms with E-state index in [0.717, 1.165) is 5.01 Å². The van der Waals surface area contributed by atoms with Crippen molar-refractivity contribution in [3.63, 3.8) is 0 Å². The Morgan fingerprint density at radius 1 is 1.83 bits per heavy atom. The van der Waals surface area contributed by atoms with Crippen molar-refractivity contribution in [2.45, 2.75) is 13.0 Å². The molecule has 1 rings (SSSR count). The van der Waals surface area contributed by atoms with Crippen molar-refractivity contribution in [3.05, 3.63) is 0 Å². The summed E-state index contributed by atoms with van der Waals surface area (Å²) in [6, 6.07) is -1.11. The summed E-state index contributed by atoms with van der Waals surface area (Å²) in [4.78, 5) is 21.5. The maximum absolute atomic E-state index is 11.1. The molecule has 0 saturated heterocycles. The first-order chi connectivity index (χ1) is 5.57. The van der Waals surface area contributed by atoms with Crippen LogP contribution in [0.1, 0.15) is 6.92 Å². The van der Waals surface area contributed by atoms with Crippen molar-refractivity contribution in [3.8, 4) is 0 Å². The predicted molar refractivity (Wildman–Crippen MR) is 40.4 cm³/mol. The summed E-state index contributed by atoms with van der Waals surface area (Å²) in [5.41, 5.74) is 5.00. The summed E-state index contributed by atoms with van der Waals surface area (Å²) >= 11 is 0. The van der Waals surface area contributed by atoms with E-state index in [0.29, 0.717) is 6.54 Å². The van der Waals surface area contributed by atoms with E-state index in [1.54, 1.807) is 6.92 Å². The van der Waals surface area contributed by atoms with Crippen molar-refractivity contribution < 1.29 is 14.7 Å². The summed E-state index contributed by atoms with van der Waals surface area (Å²) in [5.74, 6) is -1.71. The molecule has 1 amide bonds. The molecule has 0 spiro atoms. The second-order valence-corrected chi connectivity index (χ2v) is 2.32. The van der Waals surface area contributed by atoms with Crippen LogP contribution in [-0.2, 0) is 9.59 Å². The number of carbonyl (C=O) groups is 2. The fourth-order valence-electron chi connectivity index (χ4n) is 0.921. The smallest absolute Gasteiger partial charge is 0.354 e. The average molecular weight is 171 g/mol. The molecule has 1 aliphatic heterocycles. The van der Waals surface area contributed by atoms with Gasteiger partial charge in [-0.2, -0.15) is 5.10 Å². The van der Waals surface area contributed by atoms with Gasteiger partial charge < -0.3 is 10.8 Å². The summed E-state index contributed by atoms with van der Waals surface area (Å²) in [6.07, 6.45) is 0. The monoisotopic (exact) mass is 171 g/mol. The van der Waals surface area contributed by atoms with Crippen LogP contribution in [0.4, 0.5) is 0 Å². The molecule has 6 nitrogen and oxygen atoms in total. The first kappa shape index (κ1) is 8.66. The Morgan fingerprint density at radius 3 is 2.67 bits per heavy atom. The zero-order chi connectivity index (χ0) is 9.30. The molecule has 0 aromatic carbocycles. The molecular weight excluding hydrogens is 162 g/mol. The van der Waals surface area contributed by atoms with E-state index < -0.39 is 17.9 Å². The number of carbonyl (C=O) groups excluding carboxylic acids is 1. The van der Waals surface area contributed by atoms with Crippen molar-refractivity contribution in [2.24, 2.45) is 10.8 Å². The van der Waals surface area contributed by atoms with Crippen LogP contribution >= 0.6 is 0 Å². The van der Waals surface area contributed by atoms with Gasteiger partial charge in [-0.15, -0.1) is 0 Å². The third-order valence-electron chi connectivity index (χ3n) is 1.56. The van der Waals surface area contributed by atoms with Gasteiger partial charge in [0.2, 0.25) is 0 Å². The fourth-order valence-corrected chi connectivity index (χ4v) is 0.921. The lowest BCUT2D eigenvalue weighted by molar-refractivity contribution is -0.131. The van der Waals surface area contributed by atoms with E-state index in [1.165, 1.54) is 0 Å². The largest absolute Gasteiger partial charge is 0.477 e. The van der Waals surface area contributed by atoms with E-state index in [2.05, 4.69) is 5.10 Å². The van der Waals surface area contributed by atoms with Crippen molar-refractivity contribution in [2.75, 3.05) is 6.54 Å². The molecule has 1 aliphatic rings. The van der Waals surface area contributed by atoms with Crippen LogP contribution in [0, 0.1) is 0 Å². The molecule has 3 N–H and O–H groups in total. The normalized spacial score (nSPS) is 22.8. The maximum Gasteiger partial charge on any atom is 0.354 e. The van der Waals surface area contributed by atoms with Gasteiger partial charge in [0.25, 0.3) is 5.91 Å². The van der Waals surface area contributed by atoms with Crippen LogP contribution in [0.2, 0.25) is 0 Å². The van der Waals surface area contributed by atoms with Gasteiger partial charge in [0.05, 0.1) is 0 Å². The number of carboxylic acids is 1. The first-order valence-corrected chi connectivity index (χ1v) is 3.46. The molecule has 0 aliphatic carbocycles. The summed E-state index contributed by atoms with van der Waals surface area (Å²) in [7, 11) is 0. The van der Waals surface area contributed by atoms with E-state index in [1.807, 2.05) is 0 Å². The SMILES string of the molecule is CCN1N=C(C(=O)O)C(N)C1=O. The molecule has 1 heterocycles. The van der Waals surface area contributed by atoms with Gasteiger partial charge in [0, 0.05) is 6.54 Å². The van der Waals surface area contributed by atoms with E-state index in [-0.39, 0.29) is 5.71 Å². The molecule has 12 heavy (non-hydrogen) atoms. The predicted octanol–water partition coefficient (Wildman–Crippen LogP) is -1.38. The lowest BCUT2D eigenvalue weighted by Gasteiger charge is -2.07. The van der Waals surface area contributed by atoms with Gasteiger partial charge in [-0.25, -0.2) is 9.80 Å². The summed E-state index contributed by atoms with van der Waals surface area (Å²) in [5, 5.41) is 13.1. The van der Waals surface area contributed by atoms with Crippen LogP contribution in [0.5, 0.6) is 0 Å². The lowest BCUT2D eigenvalue weighted by atomic mass is 10.2. The Morgan fingerprint density at radius 2 is 2.42 bits per heavy atom. The molecular formula is C6H9N3O3. The number of amides is 1. The topological polar surface area (TPSA) is 96.0 Å². The Balaban J connectivity index is 2.90. The van der Waals surface area contributed by atoms with Crippen LogP contribution in [0.25, 0.3) is 0 Å². The zero-order valence-corrected chi connectivity index (χ0v) is 6.52. The van der Waals surface area contributed by atoms with Crippen molar-refractivity contribution in [1.29, 1.82) is 0 Å². The highest BCUT2D eigenvalue weighted by molar-refractivity contribution is 6.43. The van der Waals surface area contributed by atoms with Crippen LogP contribution < -0.4 is 5.73 Å². The van der Waals surface area contributed by atoms with Crippen LogP contribution in [0.3, 0.4) is 0 Å². The fraction of sp³-hybridized carbons (Fsp3) is 0.500. The Hall–Kier alpha value is -1.43. The summed E-state index contributed by atoms with van der Waals surface area (Å²) in [6.45, 7) is 2.03. The highest BCUT2D eigenvalue weighted by Gasteiger charge is 2.35. The number of hydrogen-bond donors (Lipinski definition) is 2. The number of carboxylic acid groups (broad SMARTS) is 1. The minimum Gasteiger partial charge on any atom is -0.477 e. The number of nitrogens with zero attached hydrogens (tertiary/aromatic N) is 2. The van der Waals surface area contributed by atoms with Gasteiger partial charge in [-0.1, -0.05) is 0 Å². The average Bonchev–Trinajstić information content (AvgIpc) is 2.30. The molecule has 1 unspecified atom stereocenters. The zero-order valence-electron chi connectivity index (χ0n) is 6.52. The van der Waals surface area contributed by atoms with Crippen LogP contribution in [0.15, 0.2) is 5.10 Å². The number of rotatable bonds is 2. The van der Waals surface area contributed by atoms with Gasteiger partial charge in [0.15, 0.2) is 5.71 Å². The Labute approximate surface area is 68.6 Å². The van der Waals surface area contributed by atoms with Gasteiger partial charge >= 0.3 is 5.97 Å². The Kier molecular flexibility index (Phi) is 2.09. The molecule has 0 saturated carbocycles. The molecule has 1 atom stereocenters. The molecule has 0 bridgehead atoms. The quantitative estimate of drug-likeness (QED) is 0.535. The molecule has 0 aromatic heterocycles. The molecule has 0 fully saturated rings. The second-order valence-electron chi connectivity index (χ2n) is 2.32. The molecule has 0 aromatic rings.